The fraction of sp³-hybridized carbons (Fsp3) is 0.250. The Balaban J connectivity index is 1.84. The summed E-state index contributed by atoms with van der Waals surface area (Å²) in [4.78, 5) is 0. The highest BCUT2D eigenvalue weighted by atomic mass is 16.5. The normalized spacial score (nSPS) is 16.6. The van der Waals surface area contributed by atoms with Gasteiger partial charge in [0.1, 0.15) is 40.5 Å². The number of nitrogens with two attached hydrogens (primary N) is 2. The average molecular weight is 615 g/mol. The standard InChI is InChI=1S/C32H30N4O9/c1-38-20-7-14(8-21(39-2)29(20)42-5)24-16(12-33)31(35)44-18-11-19-27(28(37)26(18)24)25(17(13-34)32(36)45-19)15-9-22(40-3)30(43-6)23(10-15)41-4/h7-11,24-25,37H,35-36H2,1-6H3. The predicted molar refractivity (Wildman–Crippen MR) is 159 cm³/mol. The van der Waals surface area contributed by atoms with Gasteiger partial charge in [-0.1, -0.05) is 0 Å². The summed E-state index contributed by atoms with van der Waals surface area (Å²) >= 11 is 0. The van der Waals surface area contributed by atoms with E-state index in [1.54, 1.807) is 24.3 Å². The summed E-state index contributed by atoms with van der Waals surface area (Å²) in [5.41, 5.74) is 13.8. The van der Waals surface area contributed by atoms with Crippen molar-refractivity contribution in [2.24, 2.45) is 11.5 Å². The third kappa shape index (κ3) is 4.71. The summed E-state index contributed by atoms with van der Waals surface area (Å²) in [6.07, 6.45) is 0. The molecule has 2 aliphatic rings. The molecule has 5 N–H and O–H groups in total. The summed E-state index contributed by atoms with van der Waals surface area (Å²) < 4.78 is 44.9. The summed E-state index contributed by atoms with van der Waals surface area (Å²) in [7, 11) is 8.78. The van der Waals surface area contributed by atoms with Crippen molar-refractivity contribution in [1.82, 2.24) is 0 Å². The zero-order valence-corrected chi connectivity index (χ0v) is 25.3. The van der Waals surface area contributed by atoms with Gasteiger partial charge in [0.2, 0.25) is 23.3 Å². The van der Waals surface area contributed by atoms with E-state index >= 15 is 0 Å². The molecule has 2 atom stereocenters. The van der Waals surface area contributed by atoms with E-state index < -0.39 is 11.8 Å². The number of benzene rings is 3. The van der Waals surface area contributed by atoms with Crippen LogP contribution >= 0.6 is 0 Å². The van der Waals surface area contributed by atoms with Crippen molar-refractivity contribution >= 4 is 0 Å². The highest BCUT2D eigenvalue weighted by molar-refractivity contribution is 5.72. The van der Waals surface area contributed by atoms with Gasteiger partial charge in [-0.15, -0.1) is 0 Å². The molecular formula is C32H30N4O9. The first-order valence-electron chi connectivity index (χ1n) is 13.4. The van der Waals surface area contributed by atoms with Crippen LogP contribution in [0.15, 0.2) is 53.2 Å². The van der Waals surface area contributed by atoms with Crippen molar-refractivity contribution < 1.29 is 43.0 Å². The Morgan fingerprint density at radius 1 is 0.600 bits per heavy atom. The maximum Gasteiger partial charge on any atom is 0.205 e. The van der Waals surface area contributed by atoms with E-state index in [0.717, 1.165) is 0 Å². The van der Waals surface area contributed by atoms with Crippen LogP contribution < -0.4 is 49.4 Å². The summed E-state index contributed by atoms with van der Waals surface area (Å²) in [5.74, 6) is -0.473. The van der Waals surface area contributed by atoms with Gasteiger partial charge < -0.3 is 54.5 Å². The number of allylic oxidation sites excluding steroid dienone is 2. The number of nitrogens with zero attached hydrogens (tertiary/aromatic N) is 2. The molecule has 0 aromatic heterocycles. The van der Waals surface area contributed by atoms with Crippen molar-refractivity contribution in [3.05, 3.63) is 75.5 Å². The Morgan fingerprint density at radius 2 is 0.933 bits per heavy atom. The van der Waals surface area contributed by atoms with E-state index in [4.69, 9.17) is 49.4 Å². The Labute approximate surface area is 258 Å². The highest BCUT2D eigenvalue weighted by Crippen LogP contribution is 2.57. The van der Waals surface area contributed by atoms with Crippen LogP contribution in [0.1, 0.15) is 34.1 Å². The molecule has 2 aliphatic heterocycles. The van der Waals surface area contributed by atoms with Crippen LogP contribution in [-0.2, 0) is 0 Å². The second kappa shape index (κ2) is 11.9. The molecule has 45 heavy (non-hydrogen) atoms. The van der Waals surface area contributed by atoms with E-state index in [-0.39, 0.29) is 51.3 Å². The van der Waals surface area contributed by atoms with Crippen molar-refractivity contribution in [3.8, 4) is 63.9 Å². The lowest BCUT2D eigenvalue weighted by Crippen LogP contribution is -2.25. The summed E-state index contributed by atoms with van der Waals surface area (Å²) in [6, 6.07) is 12.3. The van der Waals surface area contributed by atoms with Crippen LogP contribution in [0, 0.1) is 22.7 Å². The van der Waals surface area contributed by atoms with Gasteiger partial charge in [-0.05, 0) is 35.4 Å². The summed E-state index contributed by atoms with van der Waals surface area (Å²) in [5, 5.41) is 32.7. The molecule has 3 aromatic carbocycles. The van der Waals surface area contributed by atoms with E-state index in [0.29, 0.717) is 45.6 Å². The minimum Gasteiger partial charge on any atom is -0.507 e. The van der Waals surface area contributed by atoms with E-state index in [1.807, 2.05) is 0 Å². The minimum absolute atomic E-state index is 0.0173. The van der Waals surface area contributed by atoms with Crippen molar-refractivity contribution in [2.75, 3.05) is 42.7 Å². The first kappa shape index (κ1) is 30.4. The van der Waals surface area contributed by atoms with Gasteiger partial charge in [-0.2, -0.15) is 10.5 Å². The second-order valence-electron chi connectivity index (χ2n) is 9.82. The van der Waals surface area contributed by atoms with Crippen LogP contribution in [-0.4, -0.2) is 47.8 Å². The fourth-order valence-electron chi connectivity index (χ4n) is 5.74. The number of rotatable bonds is 8. The molecule has 0 saturated heterocycles. The van der Waals surface area contributed by atoms with Crippen LogP contribution in [0.5, 0.6) is 51.7 Å². The zero-order chi connectivity index (χ0) is 32.6. The molecule has 0 bridgehead atoms. The topological polar surface area (TPSA) is 194 Å². The van der Waals surface area contributed by atoms with Crippen LogP contribution in [0.25, 0.3) is 0 Å². The average Bonchev–Trinajstić information content (AvgIpc) is 3.05. The van der Waals surface area contributed by atoms with Gasteiger partial charge in [-0.25, -0.2) is 0 Å². The molecule has 0 aliphatic carbocycles. The Bertz CT molecular complexity index is 1670. The van der Waals surface area contributed by atoms with E-state index in [9.17, 15) is 15.6 Å². The first-order valence-corrected chi connectivity index (χ1v) is 13.4. The van der Waals surface area contributed by atoms with Crippen LogP contribution in [0.4, 0.5) is 0 Å². The molecule has 0 fully saturated rings. The molecule has 5 rings (SSSR count). The van der Waals surface area contributed by atoms with Gasteiger partial charge in [0.15, 0.2) is 23.0 Å². The van der Waals surface area contributed by atoms with Crippen LogP contribution in [0.3, 0.4) is 0 Å². The van der Waals surface area contributed by atoms with E-state index in [2.05, 4.69) is 12.1 Å². The molecule has 2 heterocycles. The monoisotopic (exact) mass is 614 g/mol. The lowest BCUT2D eigenvalue weighted by atomic mass is 9.77. The van der Waals surface area contributed by atoms with Gasteiger partial charge in [0.05, 0.1) is 65.6 Å². The van der Waals surface area contributed by atoms with E-state index in [1.165, 1.54) is 48.7 Å². The van der Waals surface area contributed by atoms with Crippen molar-refractivity contribution in [3.63, 3.8) is 0 Å². The molecule has 13 heteroatoms. The zero-order valence-electron chi connectivity index (χ0n) is 25.3. The quantitative estimate of drug-likeness (QED) is 0.331. The van der Waals surface area contributed by atoms with Crippen molar-refractivity contribution in [1.29, 1.82) is 10.5 Å². The number of hydrogen-bond donors (Lipinski definition) is 3. The Kier molecular flexibility index (Phi) is 8.03. The third-order valence-corrected chi connectivity index (χ3v) is 7.71. The highest BCUT2D eigenvalue weighted by Gasteiger charge is 2.41. The second-order valence-corrected chi connectivity index (χ2v) is 9.82. The van der Waals surface area contributed by atoms with Gasteiger partial charge in [0.25, 0.3) is 0 Å². The molecule has 0 amide bonds. The van der Waals surface area contributed by atoms with Crippen molar-refractivity contribution in [2.45, 2.75) is 11.8 Å². The molecule has 13 nitrogen and oxygen atoms in total. The number of phenolic OH excluding ortho intramolecular Hbond substituents is 1. The minimum atomic E-state index is -0.966. The smallest absolute Gasteiger partial charge is 0.205 e. The van der Waals surface area contributed by atoms with Crippen LogP contribution in [0.2, 0.25) is 0 Å². The molecule has 0 saturated carbocycles. The number of fused-ring (bicyclic) bond motifs is 2. The number of phenols is 1. The number of methoxy groups -OCH3 is 6. The predicted octanol–water partition coefficient (Wildman–Crippen LogP) is 3.88. The fourth-order valence-corrected chi connectivity index (χ4v) is 5.74. The first-order chi connectivity index (χ1) is 21.7. The number of ether oxygens (including phenoxy) is 8. The lowest BCUT2D eigenvalue weighted by Gasteiger charge is -2.33. The molecule has 232 valence electrons. The maximum atomic E-state index is 12.2. The molecule has 2 unspecified atom stereocenters. The molecule has 0 radical (unpaired) electrons. The van der Waals surface area contributed by atoms with Gasteiger partial charge in [0, 0.05) is 6.07 Å². The molecular weight excluding hydrogens is 584 g/mol. The molecule has 3 aromatic rings. The number of aromatic hydroxyl groups is 1. The van der Waals surface area contributed by atoms with Gasteiger partial charge >= 0.3 is 0 Å². The summed E-state index contributed by atoms with van der Waals surface area (Å²) in [6.45, 7) is 0. The Morgan fingerprint density at radius 3 is 1.20 bits per heavy atom. The number of nitriles is 2. The van der Waals surface area contributed by atoms with Gasteiger partial charge in [-0.3, -0.25) is 0 Å². The SMILES string of the molecule is COc1cc(C2C(C#N)=C(N)Oc3cc4c(c(O)c32)C(c2cc(OC)c(OC)c(OC)c2)C(C#N)=C(N)O4)cc(OC)c1OC. The maximum absolute atomic E-state index is 12.2. The Hall–Kier alpha value is -6.08. The molecule has 0 spiro atoms. The largest absolute Gasteiger partial charge is 0.507 e. The lowest BCUT2D eigenvalue weighted by molar-refractivity contribution is 0.323. The number of hydrogen-bond acceptors (Lipinski definition) is 13. The third-order valence-electron chi connectivity index (χ3n) is 7.71.